The summed E-state index contributed by atoms with van der Waals surface area (Å²) in [6, 6.07) is 9.26. The topological polar surface area (TPSA) is 0 Å². The summed E-state index contributed by atoms with van der Waals surface area (Å²) < 4.78 is 0. The highest BCUT2D eigenvalue weighted by Gasteiger charge is 2.13. The number of hydrogen-bond acceptors (Lipinski definition) is 0. The minimum Gasteiger partial charge on any atom is -0.0625 e. The number of hydrogen-bond donors (Lipinski definition) is 0. The number of rotatable bonds is 7. The van der Waals surface area contributed by atoms with E-state index in [1.165, 1.54) is 49.7 Å². The molecule has 0 saturated heterocycles. The Morgan fingerprint density at radius 1 is 0.818 bits per heavy atom. The van der Waals surface area contributed by atoms with Gasteiger partial charge in [0.15, 0.2) is 0 Å². The van der Waals surface area contributed by atoms with Gasteiger partial charge >= 0.3 is 0 Å². The molecule has 1 aromatic rings. The summed E-state index contributed by atoms with van der Waals surface area (Å²) in [5.41, 5.74) is 3.69. The van der Waals surface area contributed by atoms with Crippen LogP contribution in [0.2, 0.25) is 0 Å². The van der Waals surface area contributed by atoms with E-state index in [1.54, 1.807) is 0 Å². The van der Waals surface area contributed by atoms with Crippen molar-refractivity contribution in [1.29, 1.82) is 0 Å². The van der Waals surface area contributed by atoms with Crippen molar-refractivity contribution in [2.45, 2.75) is 92.4 Å². The molecule has 0 aliphatic heterocycles. The van der Waals surface area contributed by atoms with E-state index in [0.717, 1.165) is 5.92 Å². The minimum atomic E-state index is 0.264. The zero-order valence-corrected chi connectivity index (χ0v) is 16.1. The standard InChI is InChI=1S/C22H38/c1-18(11-9-17-21(2,3)4)10-8-12-19-13-15-20(16-14-19)22(5,6)7/h13-16,18H,8-12,17H2,1-7H3. The third-order valence-corrected chi connectivity index (χ3v) is 4.61. The fourth-order valence-electron chi connectivity index (χ4n) is 2.95. The fourth-order valence-corrected chi connectivity index (χ4v) is 2.95. The molecule has 1 aromatic carbocycles. The van der Waals surface area contributed by atoms with Crippen LogP contribution in [0.15, 0.2) is 24.3 Å². The Morgan fingerprint density at radius 2 is 1.36 bits per heavy atom. The Hall–Kier alpha value is -0.780. The maximum Gasteiger partial charge on any atom is -0.0132 e. The van der Waals surface area contributed by atoms with Gasteiger partial charge in [0.2, 0.25) is 0 Å². The number of benzene rings is 1. The van der Waals surface area contributed by atoms with Gasteiger partial charge in [0.1, 0.15) is 0 Å². The predicted molar refractivity (Wildman–Crippen MR) is 101 cm³/mol. The van der Waals surface area contributed by atoms with Crippen LogP contribution in [0, 0.1) is 11.3 Å². The Bertz CT molecular complexity index is 411. The molecule has 0 heteroatoms. The third kappa shape index (κ3) is 8.01. The van der Waals surface area contributed by atoms with Crippen molar-refractivity contribution in [2.75, 3.05) is 0 Å². The average Bonchev–Trinajstić information content (AvgIpc) is 2.36. The minimum absolute atomic E-state index is 0.264. The highest BCUT2D eigenvalue weighted by molar-refractivity contribution is 5.27. The van der Waals surface area contributed by atoms with Gasteiger partial charge in [0.25, 0.3) is 0 Å². The molecule has 0 aromatic heterocycles. The average molecular weight is 303 g/mol. The molecule has 0 radical (unpaired) electrons. The van der Waals surface area contributed by atoms with Crippen molar-refractivity contribution in [3.8, 4) is 0 Å². The molecule has 126 valence electrons. The van der Waals surface area contributed by atoms with Crippen molar-refractivity contribution in [2.24, 2.45) is 11.3 Å². The first-order valence-electron chi connectivity index (χ1n) is 9.17. The van der Waals surface area contributed by atoms with E-state index in [0.29, 0.717) is 5.41 Å². The van der Waals surface area contributed by atoms with Crippen LogP contribution in [0.1, 0.15) is 91.7 Å². The van der Waals surface area contributed by atoms with Crippen LogP contribution in [0.3, 0.4) is 0 Å². The van der Waals surface area contributed by atoms with Gasteiger partial charge in [-0.2, -0.15) is 0 Å². The second-order valence-corrected chi connectivity index (χ2v) is 9.40. The van der Waals surface area contributed by atoms with Crippen LogP contribution in [0.25, 0.3) is 0 Å². The van der Waals surface area contributed by atoms with Crippen molar-refractivity contribution in [1.82, 2.24) is 0 Å². The van der Waals surface area contributed by atoms with Crippen LogP contribution in [-0.2, 0) is 11.8 Å². The Kier molecular flexibility index (Phi) is 7.16. The SMILES string of the molecule is CC(CCCc1ccc(C(C)(C)C)cc1)CCCC(C)(C)C. The molecule has 0 aliphatic rings. The lowest BCUT2D eigenvalue weighted by Gasteiger charge is -2.20. The molecule has 22 heavy (non-hydrogen) atoms. The third-order valence-electron chi connectivity index (χ3n) is 4.61. The lowest BCUT2D eigenvalue weighted by atomic mass is 9.86. The first kappa shape index (κ1) is 19.3. The van der Waals surface area contributed by atoms with Crippen LogP contribution < -0.4 is 0 Å². The smallest absolute Gasteiger partial charge is 0.0132 e. The molecule has 0 saturated carbocycles. The summed E-state index contributed by atoms with van der Waals surface area (Å²) in [4.78, 5) is 0. The van der Waals surface area contributed by atoms with Crippen LogP contribution in [-0.4, -0.2) is 0 Å². The monoisotopic (exact) mass is 302 g/mol. The van der Waals surface area contributed by atoms with Gasteiger partial charge in [-0.1, -0.05) is 92.0 Å². The molecule has 0 N–H and O–H groups in total. The zero-order valence-electron chi connectivity index (χ0n) is 16.1. The summed E-state index contributed by atoms with van der Waals surface area (Å²) in [5.74, 6) is 0.871. The summed E-state index contributed by atoms with van der Waals surface area (Å²) in [6.45, 7) is 16.3. The van der Waals surface area contributed by atoms with Crippen LogP contribution >= 0.6 is 0 Å². The van der Waals surface area contributed by atoms with E-state index in [1.807, 2.05) is 0 Å². The van der Waals surface area contributed by atoms with Gasteiger partial charge in [0.05, 0.1) is 0 Å². The molecular weight excluding hydrogens is 264 g/mol. The highest BCUT2D eigenvalue weighted by Crippen LogP contribution is 2.25. The molecule has 0 fully saturated rings. The largest absolute Gasteiger partial charge is 0.0625 e. The second-order valence-electron chi connectivity index (χ2n) is 9.40. The summed E-state index contributed by atoms with van der Waals surface area (Å²) in [6.07, 6.45) is 8.04. The molecule has 1 atom stereocenters. The lowest BCUT2D eigenvalue weighted by molar-refractivity contribution is 0.337. The van der Waals surface area contributed by atoms with E-state index in [4.69, 9.17) is 0 Å². The summed E-state index contributed by atoms with van der Waals surface area (Å²) in [5, 5.41) is 0. The molecule has 0 amide bonds. The molecule has 0 aliphatic carbocycles. The van der Waals surface area contributed by atoms with Gasteiger partial charge in [-0.05, 0) is 47.1 Å². The van der Waals surface area contributed by atoms with E-state index in [2.05, 4.69) is 72.7 Å². The summed E-state index contributed by atoms with van der Waals surface area (Å²) >= 11 is 0. The molecule has 0 spiro atoms. The first-order chi connectivity index (χ1) is 10.1. The van der Waals surface area contributed by atoms with Gasteiger partial charge < -0.3 is 0 Å². The van der Waals surface area contributed by atoms with Gasteiger partial charge in [0, 0.05) is 0 Å². The molecule has 0 bridgehead atoms. The number of aryl methyl sites for hydroxylation is 1. The molecule has 0 nitrogen and oxygen atoms in total. The Morgan fingerprint density at radius 3 is 1.86 bits per heavy atom. The molecule has 1 rings (SSSR count). The van der Waals surface area contributed by atoms with E-state index in [9.17, 15) is 0 Å². The lowest BCUT2D eigenvalue weighted by Crippen LogP contribution is -2.10. The molecule has 1 unspecified atom stereocenters. The molecular formula is C22H38. The summed E-state index contributed by atoms with van der Waals surface area (Å²) in [7, 11) is 0. The van der Waals surface area contributed by atoms with Gasteiger partial charge in [-0.3, -0.25) is 0 Å². The van der Waals surface area contributed by atoms with Crippen molar-refractivity contribution in [3.63, 3.8) is 0 Å². The van der Waals surface area contributed by atoms with Gasteiger partial charge in [-0.15, -0.1) is 0 Å². The quantitative estimate of drug-likeness (QED) is 0.501. The Labute approximate surface area is 139 Å². The van der Waals surface area contributed by atoms with Crippen molar-refractivity contribution < 1.29 is 0 Å². The van der Waals surface area contributed by atoms with E-state index < -0.39 is 0 Å². The zero-order chi connectivity index (χ0) is 16.8. The fraction of sp³-hybridized carbons (Fsp3) is 0.727. The van der Waals surface area contributed by atoms with Crippen molar-refractivity contribution in [3.05, 3.63) is 35.4 Å². The van der Waals surface area contributed by atoms with Crippen molar-refractivity contribution >= 4 is 0 Å². The van der Waals surface area contributed by atoms with E-state index >= 15 is 0 Å². The maximum atomic E-state index is 2.42. The van der Waals surface area contributed by atoms with E-state index in [-0.39, 0.29) is 5.41 Å². The predicted octanol–water partition coefficient (Wildman–Crippen LogP) is 7.16. The second kappa shape index (κ2) is 8.18. The maximum absolute atomic E-state index is 2.42. The Balaban J connectivity index is 2.26. The highest BCUT2D eigenvalue weighted by atomic mass is 14.2. The van der Waals surface area contributed by atoms with Crippen LogP contribution in [0.4, 0.5) is 0 Å². The van der Waals surface area contributed by atoms with Gasteiger partial charge in [-0.25, -0.2) is 0 Å². The normalized spacial score (nSPS) is 14.1. The first-order valence-corrected chi connectivity index (χ1v) is 9.17. The van der Waals surface area contributed by atoms with Crippen LogP contribution in [0.5, 0.6) is 0 Å². The molecule has 0 heterocycles.